The molecule has 7 heteroatoms. The summed E-state index contributed by atoms with van der Waals surface area (Å²) >= 11 is 0. The van der Waals surface area contributed by atoms with E-state index in [1.807, 2.05) is 42.6 Å². The molecule has 4 aromatic heterocycles. The van der Waals surface area contributed by atoms with Crippen molar-refractivity contribution < 1.29 is 37.2 Å². The average Bonchev–Trinajstić information content (AvgIpc) is 1.49. The molecule has 0 N–H and O–H groups in total. The van der Waals surface area contributed by atoms with Crippen molar-refractivity contribution in [2.45, 2.75) is 78.6 Å². The van der Waals surface area contributed by atoms with Crippen LogP contribution in [0.15, 0.2) is 243 Å². The predicted molar refractivity (Wildman–Crippen MR) is 371 cm³/mol. The third-order valence-electron chi connectivity index (χ3n) is 18.0. The summed E-state index contributed by atoms with van der Waals surface area (Å²) in [4.78, 5) is 4.94. The van der Waals surface area contributed by atoms with Crippen molar-refractivity contribution in [2.75, 3.05) is 0 Å². The third-order valence-corrected chi connectivity index (χ3v) is 18.0. The average molecular weight is 1360 g/mol. The number of hydrogen-bond donors (Lipinski definition) is 0. The van der Waals surface area contributed by atoms with Gasteiger partial charge in [-0.05, 0) is 142 Å². The smallest absolute Gasteiger partial charge is 0.268 e. The van der Waals surface area contributed by atoms with Crippen molar-refractivity contribution >= 4 is 54.6 Å². The number of pyridine rings is 1. The Balaban J connectivity index is 0.00000756. The van der Waals surface area contributed by atoms with E-state index in [1.54, 1.807) is 0 Å². The second kappa shape index (κ2) is 21.7. The Kier molecular flexibility index (Phi) is 12.4. The molecular weight excluding hydrogens is 1290 g/mol. The first kappa shape index (κ1) is 52.0. The molecule has 0 unspecified atom stereocenters. The first-order valence-corrected chi connectivity index (χ1v) is 30.9. The summed E-state index contributed by atoms with van der Waals surface area (Å²) in [6.45, 7) is 20.2. The molecule has 0 atom stereocenters. The van der Waals surface area contributed by atoms with E-state index in [0.29, 0.717) is 28.3 Å². The van der Waals surface area contributed by atoms with Gasteiger partial charge in [0.15, 0.2) is 0 Å². The van der Waals surface area contributed by atoms with Gasteiger partial charge in [0, 0.05) is 60.7 Å². The van der Waals surface area contributed by atoms with Gasteiger partial charge in [0.2, 0.25) is 0 Å². The quantitative estimate of drug-likeness (QED) is 0.118. The first-order chi connectivity index (χ1) is 45.6. The van der Waals surface area contributed by atoms with Gasteiger partial charge in [-0.3, -0.25) is 4.57 Å². The summed E-state index contributed by atoms with van der Waals surface area (Å²) in [7, 11) is 0. The number of benzene rings is 11. The fourth-order valence-electron chi connectivity index (χ4n) is 13.5. The topological polar surface area (TPSA) is 40.8 Å². The van der Waals surface area contributed by atoms with Crippen LogP contribution in [0, 0.1) is 18.5 Å². The number of para-hydroxylation sites is 4. The van der Waals surface area contributed by atoms with Crippen molar-refractivity contribution in [3.8, 4) is 90.0 Å². The number of fused-ring (bicyclic) bond motifs is 13. The summed E-state index contributed by atoms with van der Waals surface area (Å²) < 4.78 is 61.9. The fourth-order valence-corrected chi connectivity index (χ4v) is 13.5. The Labute approximate surface area is 553 Å². The Bertz CT molecular complexity index is 5620. The molecule has 0 amide bonds. The Morgan fingerprint density at radius 3 is 1.67 bits per heavy atom. The summed E-state index contributed by atoms with van der Waals surface area (Å²) in [6, 6.07) is 77.8. The Morgan fingerprint density at radius 2 is 1.00 bits per heavy atom. The summed E-state index contributed by atoms with van der Waals surface area (Å²) in [5.41, 5.74) is 18.5. The molecule has 0 saturated heterocycles. The molecule has 11 aromatic carbocycles. The van der Waals surface area contributed by atoms with Crippen LogP contribution in [-0.2, 0) is 37.3 Å². The monoisotopic (exact) mass is 1360 g/mol. The maximum absolute atomic E-state index is 9.61. The Morgan fingerprint density at radius 1 is 0.440 bits per heavy atom. The maximum Gasteiger partial charge on any atom is 0.268 e. The zero-order valence-corrected chi connectivity index (χ0v) is 54.4. The van der Waals surface area contributed by atoms with E-state index >= 15 is 0 Å². The molecule has 91 heavy (non-hydrogen) atoms. The third kappa shape index (κ3) is 9.65. The molecule has 6 nitrogen and oxygen atoms in total. The summed E-state index contributed by atoms with van der Waals surface area (Å²) in [5, 5.41) is 4.37. The predicted octanol–water partition coefficient (Wildman–Crippen LogP) is 21.2. The maximum atomic E-state index is 9.61. The van der Waals surface area contributed by atoms with Crippen LogP contribution < -0.4 is 9.30 Å². The van der Waals surface area contributed by atoms with Gasteiger partial charge >= 0.3 is 0 Å². The van der Waals surface area contributed by atoms with E-state index in [1.165, 1.54) is 16.7 Å². The van der Waals surface area contributed by atoms with Crippen LogP contribution >= 0.6 is 0 Å². The van der Waals surface area contributed by atoms with Crippen LogP contribution in [0.1, 0.15) is 85.9 Å². The van der Waals surface area contributed by atoms with Crippen molar-refractivity contribution in [3.05, 3.63) is 278 Å². The van der Waals surface area contributed by atoms with Gasteiger partial charge in [-0.2, -0.15) is 18.2 Å². The van der Waals surface area contributed by atoms with Gasteiger partial charge in [-0.1, -0.05) is 232 Å². The van der Waals surface area contributed by atoms with Crippen LogP contribution in [0.25, 0.3) is 133 Å². The molecule has 16 rings (SSSR count). The van der Waals surface area contributed by atoms with Crippen molar-refractivity contribution in [1.29, 1.82) is 0 Å². The number of nitrogens with zero attached hydrogens (tertiary/aromatic N) is 5. The standard InChI is InChI=1S/C84H67N5O.Pt/c1-82(2,3)55-42-43-85-78(47-55)89-75-39-20-17-32-68(75)69-41-40-61(51-76(69)89)90-60-27-21-26-58(48-60)86-52-87-80-63(54-44-56(83(4,5)6)46-57(45-54)84(7,8)9)34-23-36-71(80)79-62(53-24-11-10-12-25-53)33-22-35-70(79)64-28-13-14-29-65(64)72-49-59(50-77(86)81(72)87)88-73-37-18-15-30-66(73)67-31-16-19-38-74(67)88;/h10-47,49-50H,1-9H3;/q-2;/i10D,11D,12D,24D,25D;. The number of hydrogen-bond acceptors (Lipinski definition) is 2. The van der Waals surface area contributed by atoms with Crippen LogP contribution in [-0.4, -0.2) is 18.7 Å². The second-order valence-electron chi connectivity index (χ2n) is 26.9. The van der Waals surface area contributed by atoms with E-state index < -0.39 is 18.1 Å². The molecule has 0 radical (unpaired) electrons. The van der Waals surface area contributed by atoms with Crippen LogP contribution in [0.2, 0.25) is 0 Å². The minimum atomic E-state index is -0.450. The fraction of sp³-hybridized carbons (Fsp3) is 0.143. The van der Waals surface area contributed by atoms with E-state index in [2.05, 4.69) is 269 Å². The molecule has 0 aliphatic carbocycles. The van der Waals surface area contributed by atoms with Gasteiger partial charge in [0.05, 0.1) is 34.6 Å². The number of ether oxygens (including phenoxy) is 1. The molecule has 0 spiro atoms. The van der Waals surface area contributed by atoms with E-state index in [4.69, 9.17) is 13.8 Å². The van der Waals surface area contributed by atoms with Gasteiger partial charge in [0.25, 0.3) is 6.33 Å². The number of rotatable bonds is 7. The second-order valence-corrected chi connectivity index (χ2v) is 26.9. The van der Waals surface area contributed by atoms with Gasteiger partial charge in [0.1, 0.15) is 5.82 Å². The summed E-state index contributed by atoms with van der Waals surface area (Å²) in [5.74, 6) is 1.77. The molecule has 0 saturated carbocycles. The van der Waals surface area contributed by atoms with Crippen LogP contribution in [0.3, 0.4) is 0 Å². The van der Waals surface area contributed by atoms with E-state index in [9.17, 15) is 2.74 Å². The van der Waals surface area contributed by atoms with Crippen LogP contribution in [0.4, 0.5) is 0 Å². The van der Waals surface area contributed by atoms with Crippen molar-refractivity contribution in [1.82, 2.24) is 18.7 Å². The SMILES string of the molecule is [2H]c1c([2H])c([2H])c(-c2cccc3c2-c2cccc(-c4cc(C(C)(C)C)cc(C(C)(C)C)c4)c2-[n+]2[c-]n(-c4[c-]c(Oc5[c-]c6c(cc5)c5ccccc5n6-c5cc(C(C)(C)C)ccn5)ccc4)c4cc(-n5c6ccccc6c6ccccc65)cc(c42)-c2ccccc2-3)c([2H])c1[2H].[Pt]. The largest absolute Gasteiger partial charge is 0.510 e. The first-order valence-electron chi connectivity index (χ1n) is 33.4. The molecule has 5 heterocycles. The van der Waals surface area contributed by atoms with Gasteiger partial charge in [-0.15, -0.1) is 29.7 Å². The molecule has 1 aliphatic rings. The molecule has 15 aromatic rings. The van der Waals surface area contributed by atoms with Crippen molar-refractivity contribution in [2.24, 2.45) is 0 Å². The molecule has 0 bridgehead atoms. The van der Waals surface area contributed by atoms with Crippen molar-refractivity contribution in [3.63, 3.8) is 0 Å². The summed E-state index contributed by atoms with van der Waals surface area (Å²) in [6.07, 6.45) is 5.93. The van der Waals surface area contributed by atoms with Crippen LogP contribution in [0.5, 0.6) is 11.5 Å². The Hall–Kier alpha value is -9.87. The minimum absolute atomic E-state index is 0. The van der Waals surface area contributed by atoms with Gasteiger partial charge < -0.3 is 18.4 Å². The zero-order valence-electron chi connectivity index (χ0n) is 57.2. The number of aromatic nitrogens is 5. The molecule has 446 valence electrons. The minimum Gasteiger partial charge on any atom is -0.510 e. The van der Waals surface area contributed by atoms with E-state index in [0.717, 1.165) is 111 Å². The van der Waals surface area contributed by atoms with Gasteiger partial charge in [-0.25, -0.2) is 4.98 Å². The zero-order chi connectivity index (χ0) is 65.7. The van der Waals surface area contributed by atoms with E-state index in [-0.39, 0.29) is 55.0 Å². The number of imidazole rings is 1. The molecule has 1 aliphatic heterocycles. The normalized spacial score (nSPS) is 13.1. The molecule has 0 fully saturated rings. The molecular formula is C84H67N5OPt-2.